The molecule has 5 nitrogen and oxygen atoms in total. The van der Waals surface area contributed by atoms with E-state index in [0.29, 0.717) is 30.2 Å². The molecule has 2 rings (SSSR count). The van der Waals surface area contributed by atoms with Crippen molar-refractivity contribution in [1.82, 2.24) is 5.32 Å². The van der Waals surface area contributed by atoms with Crippen LogP contribution in [-0.4, -0.2) is 11.1 Å². The molecule has 19 heavy (non-hydrogen) atoms. The van der Waals surface area contributed by atoms with Crippen LogP contribution >= 0.6 is 0 Å². The quantitative estimate of drug-likeness (QED) is 0.833. The van der Waals surface area contributed by atoms with E-state index in [2.05, 4.69) is 5.32 Å². The SMILES string of the molecule is CC(CC(O)c1ccco1)NCc1ccc(C#N)o1. The maximum absolute atomic E-state index is 9.92. The molecule has 2 heterocycles. The molecule has 0 aromatic carbocycles. The van der Waals surface area contributed by atoms with Crippen LogP contribution in [0.1, 0.15) is 36.7 Å². The van der Waals surface area contributed by atoms with E-state index in [1.54, 1.807) is 30.5 Å². The molecule has 0 saturated carbocycles. The van der Waals surface area contributed by atoms with Gasteiger partial charge in [0.25, 0.3) is 0 Å². The summed E-state index contributed by atoms with van der Waals surface area (Å²) in [5.41, 5.74) is 0. The first-order valence-electron chi connectivity index (χ1n) is 6.12. The van der Waals surface area contributed by atoms with Crippen molar-refractivity contribution < 1.29 is 13.9 Å². The normalized spacial score (nSPS) is 13.9. The molecule has 0 aliphatic rings. The molecule has 0 amide bonds. The van der Waals surface area contributed by atoms with Crippen molar-refractivity contribution in [3.05, 3.63) is 47.8 Å². The summed E-state index contributed by atoms with van der Waals surface area (Å²) in [5, 5.41) is 21.8. The largest absolute Gasteiger partial charge is 0.467 e. The molecule has 0 aliphatic carbocycles. The third-order valence-corrected chi connectivity index (χ3v) is 2.85. The van der Waals surface area contributed by atoms with Crippen LogP contribution in [0, 0.1) is 11.3 Å². The van der Waals surface area contributed by atoms with Gasteiger partial charge in [-0.05, 0) is 37.6 Å². The Bertz CT molecular complexity index is 539. The van der Waals surface area contributed by atoms with Gasteiger partial charge in [0.05, 0.1) is 12.8 Å². The van der Waals surface area contributed by atoms with Gasteiger partial charge < -0.3 is 19.3 Å². The highest BCUT2D eigenvalue weighted by Gasteiger charge is 2.14. The van der Waals surface area contributed by atoms with Crippen LogP contribution in [-0.2, 0) is 6.54 Å². The molecule has 2 unspecified atom stereocenters. The van der Waals surface area contributed by atoms with Crippen molar-refractivity contribution in [1.29, 1.82) is 5.26 Å². The van der Waals surface area contributed by atoms with Gasteiger partial charge >= 0.3 is 0 Å². The number of hydrogen-bond donors (Lipinski definition) is 2. The molecule has 5 heteroatoms. The van der Waals surface area contributed by atoms with Gasteiger partial charge in [0.15, 0.2) is 0 Å². The minimum atomic E-state index is -0.622. The Morgan fingerprint density at radius 1 is 1.42 bits per heavy atom. The fraction of sp³-hybridized carbons (Fsp3) is 0.357. The molecule has 2 N–H and O–H groups in total. The van der Waals surface area contributed by atoms with E-state index in [1.165, 1.54) is 0 Å². The molecule has 2 atom stereocenters. The topological polar surface area (TPSA) is 82.3 Å². The first-order chi connectivity index (χ1) is 9.19. The summed E-state index contributed by atoms with van der Waals surface area (Å²) < 4.78 is 10.4. The number of hydrogen-bond acceptors (Lipinski definition) is 5. The van der Waals surface area contributed by atoms with Crippen molar-refractivity contribution in [2.45, 2.75) is 32.0 Å². The Morgan fingerprint density at radius 3 is 2.89 bits per heavy atom. The third kappa shape index (κ3) is 3.71. The number of nitriles is 1. The van der Waals surface area contributed by atoms with E-state index in [1.807, 2.05) is 13.0 Å². The van der Waals surface area contributed by atoms with E-state index in [0.717, 1.165) is 0 Å². The Labute approximate surface area is 111 Å². The van der Waals surface area contributed by atoms with Crippen LogP contribution in [0.25, 0.3) is 0 Å². The van der Waals surface area contributed by atoms with Crippen molar-refractivity contribution in [2.75, 3.05) is 0 Å². The fourth-order valence-corrected chi connectivity index (χ4v) is 1.82. The molecule has 0 bridgehead atoms. The second-order valence-corrected chi connectivity index (χ2v) is 4.43. The molecule has 0 aliphatic heterocycles. The Hall–Kier alpha value is -2.03. The van der Waals surface area contributed by atoms with Crippen LogP contribution in [0.2, 0.25) is 0 Å². The summed E-state index contributed by atoms with van der Waals surface area (Å²) in [4.78, 5) is 0. The number of rotatable bonds is 6. The second kappa shape index (κ2) is 6.23. The molecule has 2 aromatic rings. The fourth-order valence-electron chi connectivity index (χ4n) is 1.82. The number of aliphatic hydroxyl groups is 1. The van der Waals surface area contributed by atoms with Crippen LogP contribution < -0.4 is 5.32 Å². The van der Waals surface area contributed by atoms with E-state index < -0.39 is 6.10 Å². The average molecular weight is 260 g/mol. The summed E-state index contributed by atoms with van der Waals surface area (Å²) in [6.45, 7) is 2.49. The van der Waals surface area contributed by atoms with Crippen LogP contribution in [0.5, 0.6) is 0 Å². The zero-order valence-electron chi connectivity index (χ0n) is 10.7. The molecule has 0 fully saturated rings. The first-order valence-corrected chi connectivity index (χ1v) is 6.12. The number of aliphatic hydroxyl groups excluding tert-OH is 1. The lowest BCUT2D eigenvalue weighted by atomic mass is 10.1. The van der Waals surface area contributed by atoms with Gasteiger partial charge in [0, 0.05) is 6.04 Å². The lowest BCUT2D eigenvalue weighted by Crippen LogP contribution is -2.27. The highest BCUT2D eigenvalue weighted by molar-refractivity contribution is 5.19. The van der Waals surface area contributed by atoms with E-state index in [-0.39, 0.29) is 6.04 Å². The minimum absolute atomic E-state index is 0.0933. The Morgan fingerprint density at radius 2 is 2.26 bits per heavy atom. The van der Waals surface area contributed by atoms with E-state index in [9.17, 15) is 5.11 Å². The van der Waals surface area contributed by atoms with E-state index >= 15 is 0 Å². The molecule has 0 saturated heterocycles. The summed E-state index contributed by atoms with van der Waals surface area (Å²) in [6.07, 6.45) is 1.46. The van der Waals surface area contributed by atoms with Gasteiger partial charge in [0.2, 0.25) is 5.76 Å². The molecule has 0 radical (unpaired) electrons. The Kier molecular flexibility index (Phi) is 4.39. The summed E-state index contributed by atoms with van der Waals surface area (Å²) in [5.74, 6) is 1.58. The monoisotopic (exact) mass is 260 g/mol. The molecular weight excluding hydrogens is 244 g/mol. The minimum Gasteiger partial charge on any atom is -0.467 e. The summed E-state index contributed by atoms with van der Waals surface area (Å²) >= 11 is 0. The van der Waals surface area contributed by atoms with Gasteiger partial charge in [-0.15, -0.1) is 0 Å². The van der Waals surface area contributed by atoms with Crippen molar-refractivity contribution in [3.63, 3.8) is 0 Å². The number of furan rings is 2. The van der Waals surface area contributed by atoms with Gasteiger partial charge in [0.1, 0.15) is 23.7 Å². The first kappa shape index (κ1) is 13.4. The smallest absolute Gasteiger partial charge is 0.203 e. The molecular formula is C14H16N2O3. The maximum Gasteiger partial charge on any atom is 0.203 e. The predicted octanol–water partition coefficient (Wildman–Crippen LogP) is 2.35. The van der Waals surface area contributed by atoms with Crippen molar-refractivity contribution >= 4 is 0 Å². The van der Waals surface area contributed by atoms with Crippen molar-refractivity contribution in [3.8, 4) is 6.07 Å². The van der Waals surface area contributed by atoms with Crippen molar-refractivity contribution in [2.24, 2.45) is 0 Å². The molecule has 0 spiro atoms. The molecule has 100 valence electrons. The average Bonchev–Trinajstić information content (AvgIpc) is 3.07. The summed E-state index contributed by atoms with van der Waals surface area (Å²) in [6, 6.07) is 8.94. The third-order valence-electron chi connectivity index (χ3n) is 2.85. The highest BCUT2D eigenvalue weighted by atomic mass is 16.4. The summed E-state index contributed by atoms with van der Waals surface area (Å²) in [7, 11) is 0. The zero-order valence-corrected chi connectivity index (χ0v) is 10.7. The molecule has 2 aromatic heterocycles. The van der Waals surface area contributed by atoms with Gasteiger partial charge in [-0.3, -0.25) is 0 Å². The predicted molar refractivity (Wildman–Crippen MR) is 68.0 cm³/mol. The van der Waals surface area contributed by atoms with Crippen LogP contribution in [0.3, 0.4) is 0 Å². The maximum atomic E-state index is 9.92. The van der Waals surface area contributed by atoms with Crippen LogP contribution in [0.4, 0.5) is 0 Å². The Balaban J connectivity index is 1.78. The van der Waals surface area contributed by atoms with Gasteiger partial charge in [-0.1, -0.05) is 0 Å². The zero-order chi connectivity index (χ0) is 13.7. The highest BCUT2D eigenvalue weighted by Crippen LogP contribution is 2.18. The van der Waals surface area contributed by atoms with Gasteiger partial charge in [-0.25, -0.2) is 0 Å². The lowest BCUT2D eigenvalue weighted by molar-refractivity contribution is 0.128. The standard InChI is InChI=1S/C14H16N2O3/c1-10(7-13(17)14-3-2-6-18-14)16-9-12-5-4-11(8-15)19-12/h2-6,10,13,16-17H,7,9H2,1H3. The lowest BCUT2D eigenvalue weighted by Gasteiger charge is -2.15. The van der Waals surface area contributed by atoms with Crippen LogP contribution in [0.15, 0.2) is 39.4 Å². The second-order valence-electron chi connectivity index (χ2n) is 4.43. The number of nitrogens with one attached hydrogen (secondary N) is 1. The number of nitrogens with zero attached hydrogens (tertiary/aromatic N) is 1. The van der Waals surface area contributed by atoms with E-state index in [4.69, 9.17) is 14.1 Å². The van der Waals surface area contributed by atoms with Gasteiger partial charge in [-0.2, -0.15) is 5.26 Å².